The summed E-state index contributed by atoms with van der Waals surface area (Å²) in [5.74, 6) is 0.591. The molecule has 0 amide bonds. The molecule has 3 saturated carbocycles. The van der Waals surface area contributed by atoms with Gasteiger partial charge < -0.3 is 10.2 Å². The lowest BCUT2D eigenvalue weighted by atomic mass is 9.63. The van der Waals surface area contributed by atoms with Crippen molar-refractivity contribution < 1.29 is 19.8 Å². The molecule has 0 heterocycles. The van der Waals surface area contributed by atoms with Gasteiger partial charge in [0.2, 0.25) is 0 Å². The molecule has 3 aliphatic carbocycles. The first kappa shape index (κ1) is 15.3. The first-order valence-corrected chi connectivity index (χ1v) is 8.16. The number of rotatable bonds is 6. The van der Waals surface area contributed by atoms with Crippen LogP contribution in [0.4, 0.5) is 0 Å². The van der Waals surface area contributed by atoms with Gasteiger partial charge in [-0.25, -0.2) is 9.59 Å². The minimum Gasteiger partial charge on any atom is -0.478 e. The van der Waals surface area contributed by atoms with Gasteiger partial charge in [0, 0.05) is 11.1 Å². The van der Waals surface area contributed by atoms with Crippen LogP contribution in [0.1, 0.15) is 44.9 Å². The highest BCUT2D eigenvalue weighted by molar-refractivity contribution is 5.87. The third kappa shape index (κ3) is 2.29. The zero-order valence-electron chi connectivity index (χ0n) is 12.9. The lowest BCUT2D eigenvalue weighted by Crippen LogP contribution is -2.35. The van der Waals surface area contributed by atoms with Crippen molar-refractivity contribution in [3.05, 3.63) is 24.3 Å². The molecule has 0 aromatic carbocycles. The van der Waals surface area contributed by atoms with Gasteiger partial charge in [-0.3, -0.25) is 0 Å². The minimum absolute atomic E-state index is 0.210. The lowest BCUT2D eigenvalue weighted by Gasteiger charge is -2.40. The molecule has 4 atom stereocenters. The second-order valence-corrected chi connectivity index (χ2v) is 7.59. The van der Waals surface area contributed by atoms with E-state index in [1.165, 1.54) is 19.3 Å². The van der Waals surface area contributed by atoms with Crippen molar-refractivity contribution in [2.24, 2.45) is 29.1 Å². The van der Waals surface area contributed by atoms with Crippen molar-refractivity contribution in [3.8, 4) is 0 Å². The highest BCUT2D eigenvalue weighted by atomic mass is 16.4. The van der Waals surface area contributed by atoms with Crippen LogP contribution in [0.25, 0.3) is 0 Å². The SMILES string of the molecule is C=C(CC1(CC(=C)C(=O)O)CCC2C3CCC(C3)C21)C(=O)O. The van der Waals surface area contributed by atoms with Crippen molar-refractivity contribution in [1.82, 2.24) is 0 Å². The summed E-state index contributed by atoms with van der Waals surface area (Å²) in [6, 6.07) is 0. The lowest BCUT2D eigenvalue weighted by molar-refractivity contribution is -0.133. The van der Waals surface area contributed by atoms with Crippen molar-refractivity contribution in [2.45, 2.75) is 44.9 Å². The van der Waals surface area contributed by atoms with Crippen molar-refractivity contribution in [1.29, 1.82) is 0 Å². The average molecular weight is 304 g/mol. The normalized spacial score (nSPS) is 34.4. The molecule has 3 rings (SSSR count). The molecule has 22 heavy (non-hydrogen) atoms. The predicted molar refractivity (Wildman–Crippen MR) is 82.3 cm³/mol. The maximum absolute atomic E-state index is 11.3. The van der Waals surface area contributed by atoms with Gasteiger partial charge in [0.05, 0.1) is 0 Å². The number of carbonyl (C=O) groups is 2. The fourth-order valence-corrected chi connectivity index (χ4v) is 5.88. The molecule has 2 N–H and O–H groups in total. The zero-order valence-corrected chi connectivity index (χ0v) is 12.9. The molecule has 4 nitrogen and oxygen atoms in total. The Morgan fingerprint density at radius 3 is 2.05 bits per heavy atom. The van der Waals surface area contributed by atoms with E-state index in [0.717, 1.165) is 18.8 Å². The summed E-state index contributed by atoms with van der Waals surface area (Å²) in [6.07, 6.45) is 6.57. The second-order valence-electron chi connectivity index (χ2n) is 7.59. The van der Waals surface area contributed by atoms with Crippen LogP contribution in [0.2, 0.25) is 0 Å². The van der Waals surface area contributed by atoms with E-state index in [2.05, 4.69) is 13.2 Å². The predicted octanol–water partition coefficient (Wildman–Crippen LogP) is 3.49. The Morgan fingerprint density at radius 2 is 1.50 bits per heavy atom. The summed E-state index contributed by atoms with van der Waals surface area (Å²) in [5.41, 5.74) is 0.165. The molecule has 120 valence electrons. The monoisotopic (exact) mass is 304 g/mol. The summed E-state index contributed by atoms with van der Waals surface area (Å²) in [6.45, 7) is 7.43. The fraction of sp³-hybridized carbons (Fsp3) is 0.667. The Hall–Kier alpha value is -1.58. The quantitative estimate of drug-likeness (QED) is 0.737. The average Bonchev–Trinajstić information content (AvgIpc) is 3.12. The molecule has 0 aromatic rings. The Bertz CT molecular complexity index is 519. The van der Waals surface area contributed by atoms with Crippen molar-refractivity contribution in [3.63, 3.8) is 0 Å². The van der Waals surface area contributed by atoms with Gasteiger partial charge in [0.25, 0.3) is 0 Å². The highest BCUT2D eigenvalue weighted by Gasteiger charge is 2.59. The summed E-state index contributed by atoms with van der Waals surface area (Å²) in [4.78, 5) is 22.5. The van der Waals surface area contributed by atoms with Crippen LogP contribution in [0, 0.1) is 29.1 Å². The van der Waals surface area contributed by atoms with Gasteiger partial charge >= 0.3 is 11.9 Å². The Morgan fingerprint density at radius 1 is 0.955 bits per heavy atom. The van der Waals surface area contributed by atoms with Crippen LogP contribution < -0.4 is 0 Å². The Labute approximate surface area is 130 Å². The van der Waals surface area contributed by atoms with Crippen LogP contribution in [0.3, 0.4) is 0 Å². The Kier molecular flexibility index (Phi) is 3.66. The van der Waals surface area contributed by atoms with Gasteiger partial charge in [-0.2, -0.15) is 0 Å². The summed E-state index contributed by atoms with van der Waals surface area (Å²) < 4.78 is 0. The van der Waals surface area contributed by atoms with Gasteiger partial charge in [-0.1, -0.05) is 13.2 Å². The third-order valence-electron chi connectivity index (χ3n) is 6.51. The molecule has 3 fully saturated rings. The van der Waals surface area contributed by atoms with Crippen LogP contribution in [-0.4, -0.2) is 22.2 Å². The first-order valence-electron chi connectivity index (χ1n) is 8.16. The van der Waals surface area contributed by atoms with E-state index in [1.807, 2.05) is 0 Å². The number of hydrogen-bond acceptors (Lipinski definition) is 2. The molecule has 3 aliphatic rings. The molecule has 0 saturated heterocycles. The molecule has 0 aliphatic heterocycles. The maximum atomic E-state index is 11.3. The third-order valence-corrected chi connectivity index (χ3v) is 6.51. The number of fused-ring (bicyclic) bond motifs is 5. The summed E-state index contributed by atoms with van der Waals surface area (Å²) in [7, 11) is 0. The van der Waals surface area contributed by atoms with E-state index in [1.54, 1.807) is 0 Å². The molecule has 2 bridgehead atoms. The van der Waals surface area contributed by atoms with E-state index in [0.29, 0.717) is 30.6 Å². The van der Waals surface area contributed by atoms with Gasteiger partial charge in [-0.05, 0) is 74.0 Å². The number of carboxylic acids is 2. The Balaban J connectivity index is 1.90. The van der Waals surface area contributed by atoms with Crippen LogP contribution >= 0.6 is 0 Å². The van der Waals surface area contributed by atoms with Gasteiger partial charge in [-0.15, -0.1) is 0 Å². The number of aliphatic carboxylic acids is 2. The van der Waals surface area contributed by atoms with Gasteiger partial charge in [0.1, 0.15) is 0 Å². The highest BCUT2D eigenvalue weighted by Crippen LogP contribution is 2.67. The molecular weight excluding hydrogens is 280 g/mol. The van der Waals surface area contributed by atoms with Crippen molar-refractivity contribution >= 4 is 11.9 Å². The smallest absolute Gasteiger partial charge is 0.330 e. The summed E-state index contributed by atoms with van der Waals surface area (Å²) >= 11 is 0. The van der Waals surface area contributed by atoms with Gasteiger partial charge in [0.15, 0.2) is 0 Å². The molecule has 4 unspecified atom stereocenters. The van der Waals surface area contributed by atoms with Crippen LogP contribution in [-0.2, 0) is 9.59 Å². The first-order chi connectivity index (χ1) is 10.3. The standard InChI is InChI=1S/C18H24O4/c1-10(16(19)20)8-18(9-11(2)17(21)22)6-5-14-12-3-4-13(7-12)15(14)18/h12-15H,1-9H2,(H,19,20)(H,21,22). The second kappa shape index (κ2) is 5.25. The molecule has 0 spiro atoms. The van der Waals surface area contributed by atoms with E-state index in [9.17, 15) is 19.8 Å². The number of carboxylic acid groups (broad SMARTS) is 2. The van der Waals surface area contributed by atoms with Crippen LogP contribution in [0.15, 0.2) is 24.3 Å². The largest absolute Gasteiger partial charge is 0.478 e. The molecular formula is C18H24O4. The molecule has 0 radical (unpaired) electrons. The fourth-order valence-electron chi connectivity index (χ4n) is 5.88. The topological polar surface area (TPSA) is 74.6 Å². The van der Waals surface area contributed by atoms with E-state index in [4.69, 9.17) is 0 Å². The van der Waals surface area contributed by atoms with Crippen LogP contribution in [0.5, 0.6) is 0 Å². The van der Waals surface area contributed by atoms with E-state index >= 15 is 0 Å². The number of hydrogen-bond donors (Lipinski definition) is 2. The minimum atomic E-state index is -0.966. The van der Waals surface area contributed by atoms with E-state index in [-0.39, 0.29) is 16.6 Å². The maximum Gasteiger partial charge on any atom is 0.330 e. The molecule has 4 heteroatoms. The molecule has 0 aromatic heterocycles. The zero-order chi connectivity index (χ0) is 16.1. The van der Waals surface area contributed by atoms with Crippen molar-refractivity contribution in [2.75, 3.05) is 0 Å². The summed E-state index contributed by atoms with van der Waals surface area (Å²) in [5, 5.41) is 18.5. The van der Waals surface area contributed by atoms with E-state index < -0.39 is 11.9 Å².